The molecule has 0 aliphatic rings. The smallest absolute Gasteiger partial charge is 0.251 e. The first-order chi connectivity index (χ1) is 12.7. The summed E-state index contributed by atoms with van der Waals surface area (Å²) in [5.74, 6) is 0.605. The quantitative estimate of drug-likeness (QED) is 0.588. The van der Waals surface area contributed by atoms with Crippen LogP contribution in [0.3, 0.4) is 0 Å². The van der Waals surface area contributed by atoms with Gasteiger partial charge in [-0.05, 0) is 29.8 Å². The minimum Gasteiger partial charge on any atom is -0.497 e. The fourth-order valence-corrected chi connectivity index (χ4v) is 3.29. The van der Waals surface area contributed by atoms with E-state index in [1.165, 1.54) is 11.3 Å². The van der Waals surface area contributed by atoms with Gasteiger partial charge in [0.1, 0.15) is 17.1 Å². The van der Waals surface area contributed by atoms with E-state index in [1.807, 2.05) is 24.3 Å². The number of nitrogens with one attached hydrogen (secondary N) is 1. The van der Waals surface area contributed by atoms with Crippen molar-refractivity contribution in [3.63, 3.8) is 0 Å². The van der Waals surface area contributed by atoms with Crippen molar-refractivity contribution in [2.45, 2.75) is 6.54 Å². The molecule has 0 fully saturated rings. The maximum Gasteiger partial charge on any atom is 0.251 e. The van der Waals surface area contributed by atoms with Crippen molar-refractivity contribution in [1.29, 1.82) is 0 Å². The lowest BCUT2D eigenvalue weighted by molar-refractivity contribution is 0.0951. The number of fused-ring (bicyclic) bond motifs is 1. The molecule has 0 aliphatic heterocycles. The molecule has 0 atom stereocenters. The van der Waals surface area contributed by atoms with Gasteiger partial charge in [0.15, 0.2) is 0 Å². The Bertz CT molecular complexity index is 1010. The van der Waals surface area contributed by atoms with E-state index in [1.54, 1.807) is 42.2 Å². The first-order valence-electron chi connectivity index (χ1n) is 7.91. The van der Waals surface area contributed by atoms with Crippen LogP contribution >= 0.6 is 11.3 Å². The molecule has 0 spiro atoms. The Labute approximate surface area is 153 Å². The van der Waals surface area contributed by atoms with Gasteiger partial charge < -0.3 is 10.1 Å². The number of benzene rings is 2. The molecule has 0 radical (unpaired) electrons. The first-order valence-corrected chi connectivity index (χ1v) is 8.73. The van der Waals surface area contributed by atoms with Crippen LogP contribution < -0.4 is 10.1 Å². The lowest BCUT2D eigenvalue weighted by Crippen LogP contribution is -2.22. The number of ether oxygens (including phenoxy) is 1. The molecule has 0 bridgehead atoms. The van der Waals surface area contributed by atoms with E-state index in [-0.39, 0.29) is 5.91 Å². The minimum atomic E-state index is -0.120. The van der Waals surface area contributed by atoms with Crippen molar-refractivity contribution in [3.05, 3.63) is 66.0 Å². The van der Waals surface area contributed by atoms with E-state index >= 15 is 0 Å². The highest BCUT2D eigenvalue weighted by atomic mass is 32.1. The largest absolute Gasteiger partial charge is 0.497 e. The molecular formula is C18H15N5O2S. The zero-order chi connectivity index (χ0) is 17.9. The summed E-state index contributed by atoms with van der Waals surface area (Å²) in [5, 5.41) is 16.0. The summed E-state index contributed by atoms with van der Waals surface area (Å²) >= 11 is 1.48. The minimum absolute atomic E-state index is 0.120. The average Bonchev–Trinajstić information content (AvgIpc) is 3.29. The van der Waals surface area contributed by atoms with Crippen LogP contribution in [0.2, 0.25) is 0 Å². The summed E-state index contributed by atoms with van der Waals surface area (Å²) < 4.78 is 6.75. The summed E-state index contributed by atoms with van der Waals surface area (Å²) in [6, 6.07) is 14.9. The van der Waals surface area contributed by atoms with Gasteiger partial charge in [-0.25, -0.2) is 0 Å². The van der Waals surface area contributed by atoms with Crippen molar-refractivity contribution >= 4 is 22.2 Å². The summed E-state index contributed by atoms with van der Waals surface area (Å²) in [4.78, 5) is 13.0. The number of methoxy groups -OCH3 is 1. The molecule has 4 aromatic rings. The molecule has 130 valence electrons. The molecule has 2 aromatic carbocycles. The van der Waals surface area contributed by atoms with E-state index in [2.05, 4.69) is 20.6 Å². The van der Waals surface area contributed by atoms with Crippen molar-refractivity contribution in [1.82, 2.24) is 25.1 Å². The molecule has 0 saturated carbocycles. The molecule has 2 heterocycles. The van der Waals surface area contributed by atoms with Crippen molar-refractivity contribution in [3.8, 4) is 16.3 Å². The van der Waals surface area contributed by atoms with E-state index < -0.39 is 0 Å². The van der Waals surface area contributed by atoms with Crippen LogP contribution in [-0.4, -0.2) is 32.8 Å². The van der Waals surface area contributed by atoms with Crippen LogP contribution in [-0.2, 0) is 6.54 Å². The van der Waals surface area contributed by atoms with E-state index in [0.717, 1.165) is 26.8 Å². The van der Waals surface area contributed by atoms with E-state index in [9.17, 15) is 4.79 Å². The number of carbonyl (C=O) groups excluding carboxylic acids is 1. The third-order valence-corrected chi connectivity index (χ3v) is 4.85. The molecule has 1 N–H and O–H groups in total. The molecule has 4 rings (SSSR count). The Kier molecular flexibility index (Phi) is 4.32. The van der Waals surface area contributed by atoms with Gasteiger partial charge in [-0.15, -0.1) is 10.2 Å². The van der Waals surface area contributed by atoms with Gasteiger partial charge in [-0.2, -0.15) is 9.61 Å². The fourth-order valence-electron chi connectivity index (χ4n) is 2.47. The Morgan fingerprint density at radius 1 is 1.15 bits per heavy atom. The average molecular weight is 365 g/mol. The van der Waals surface area contributed by atoms with Crippen molar-refractivity contribution < 1.29 is 9.53 Å². The second-order valence-electron chi connectivity index (χ2n) is 5.57. The number of hydrogen-bond acceptors (Lipinski definition) is 6. The summed E-state index contributed by atoms with van der Waals surface area (Å²) in [6.45, 7) is 0.455. The van der Waals surface area contributed by atoms with Crippen LogP contribution in [0.15, 0.2) is 54.9 Å². The fraction of sp³-hybridized carbons (Fsp3) is 0.111. The molecule has 26 heavy (non-hydrogen) atoms. The van der Waals surface area contributed by atoms with Crippen molar-refractivity contribution in [2.24, 2.45) is 0 Å². The Morgan fingerprint density at radius 2 is 1.92 bits per heavy atom. The molecule has 0 aliphatic carbocycles. The van der Waals surface area contributed by atoms with Crippen LogP contribution in [0.1, 0.15) is 15.9 Å². The van der Waals surface area contributed by atoms with Crippen LogP contribution in [0.25, 0.3) is 15.5 Å². The summed E-state index contributed by atoms with van der Waals surface area (Å²) in [6.07, 6.45) is 1.58. The van der Waals surface area contributed by atoms with E-state index in [4.69, 9.17) is 4.74 Å². The second-order valence-corrected chi connectivity index (χ2v) is 6.53. The maximum atomic E-state index is 12.2. The lowest BCUT2D eigenvalue weighted by Gasteiger charge is -2.07. The van der Waals surface area contributed by atoms with Gasteiger partial charge in [-0.1, -0.05) is 35.6 Å². The van der Waals surface area contributed by atoms with Gasteiger partial charge in [-0.3, -0.25) is 4.79 Å². The molecule has 8 heteroatoms. The normalized spacial score (nSPS) is 10.8. The zero-order valence-corrected chi connectivity index (χ0v) is 14.7. The lowest BCUT2D eigenvalue weighted by atomic mass is 10.1. The number of hydrogen-bond donors (Lipinski definition) is 1. The highest BCUT2D eigenvalue weighted by molar-refractivity contribution is 7.19. The highest BCUT2D eigenvalue weighted by Crippen LogP contribution is 2.24. The Morgan fingerprint density at radius 3 is 2.62 bits per heavy atom. The molecule has 7 nitrogen and oxygen atoms in total. The second kappa shape index (κ2) is 6.93. The van der Waals surface area contributed by atoms with Gasteiger partial charge in [0, 0.05) is 17.7 Å². The van der Waals surface area contributed by atoms with Crippen LogP contribution in [0, 0.1) is 0 Å². The molecule has 0 unspecified atom stereocenters. The standard InChI is InChI=1S/C18H15N5O2S/c1-25-15-8-6-13(7-9-15)16(24)19-10-12-2-4-14(5-3-12)17-22-23-11-20-21-18(23)26-17/h2-9,11H,10H2,1H3,(H,19,24). The molecular weight excluding hydrogens is 350 g/mol. The van der Waals surface area contributed by atoms with Crippen LogP contribution in [0.4, 0.5) is 0 Å². The van der Waals surface area contributed by atoms with Crippen LogP contribution in [0.5, 0.6) is 5.75 Å². The van der Waals surface area contributed by atoms with E-state index in [0.29, 0.717) is 12.1 Å². The maximum absolute atomic E-state index is 12.2. The predicted molar refractivity (Wildman–Crippen MR) is 98.3 cm³/mol. The Balaban J connectivity index is 1.40. The first kappa shape index (κ1) is 16.2. The highest BCUT2D eigenvalue weighted by Gasteiger charge is 2.08. The third kappa shape index (κ3) is 3.27. The summed E-state index contributed by atoms with van der Waals surface area (Å²) in [5.41, 5.74) is 2.62. The monoisotopic (exact) mass is 365 g/mol. The molecule has 0 saturated heterocycles. The Hall–Kier alpha value is -3.26. The third-order valence-electron chi connectivity index (χ3n) is 3.89. The van der Waals surface area contributed by atoms with Gasteiger partial charge >= 0.3 is 0 Å². The number of carbonyl (C=O) groups is 1. The van der Waals surface area contributed by atoms with Gasteiger partial charge in [0.05, 0.1) is 7.11 Å². The molecule has 1 amide bonds. The number of rotatable bonds is 5. The number of nitrogens with zero attached hydrogens (tertiary/aromatic N) is 4. The van der Waals surface area contributed by atoms with Gasteiger partial charge in [0.2, 0.25) is 4.96 Å². The molecule has 2 aromatic heterocycles. The zero-order valence-electron chi connectivity index (χ0n) is 13.9. The summed E-state index contributed by atoms with van der Waals surface area (Å²) in [7, 11) is 1.60. The topological polar surface area (TPSA) is 81.4 Å². The van der Waals surface area contributed by atoms with Gasteiger partial charge in [0.25, 0.3) is 5.91 Å². The predicted octanol–water partition coefficient (Wildman–Crippen LogP) is 2.79. The van der Waals surface area contributed by atoms with Crippen molar-refractivity contribution in [2.75, 3.05) is 7.11 Å². The SMILES string of the molecule is COc1ccc(C(=O)NCc2ccc(-c3nn4cnnc4s3)cc2)cc1. The number of aromatic nitrogens is 4. The number of amides is 1.